The number of nitrogens with one attached hydrogen (secondary N) is 2. The molecule has 1 aromatic rings. The molecular formula is C19H27N3O4S. The van der Waals surface area contributed by atoms with Gasteiger partial charge in [0.05, 0.1) is 12.8 Å². The first kappa shape index (κ1) is 19.8. The van der Waals surface area contributed by atoms with Crippen molar-refractivity contribution in [2.45, 2.75) is 25.7 Å². The van der Waals surface area contributed by atoms with Crippen LogP contribution in [0.2, 0.25) is 0 Å². The first-order chi connectivity index (χ1) is 12.8. The Hall–Kier alpha value is -1.93. The van der Waals surface area contributed by atoms with Crippen molar-refractivity contribution in [1.29, 1.82) is 0 Å². The number of amides is 2. The maximum atomic E-state index is 12.2. The molecule has 7 nitrogen and oxygen atoms in total. The lowest BCUT2D eigenvalue weighted by Gasteiger charge is -2.17. The Labute approximate surface area is 160 Å². The fourth-order valence-electron chi connectivity index (χ4n) is 3.36. The lowest BCUT2D eigenvalue weighted by Crippen LogP contribution is -2.38. The van der Waals surface area contributed by atoms with E-state index < -0.39 is 10.0 Å². The highest BCUT2D eigenvalue weighted by Crippen LogP contribution is 2.27. The molecule has 2 amide bonds. The van der Waals surface area contributed by atoms with Gasteiger partial charge in [-0.15, -0.1) is 0 Å². The molecule has 2 fully saturated rings. The predicted molar refractivity (Wildman–Crippen MR) is 103 cm³/mol. The quantitative estimate of drug-likeness (QED) is 0.682. The van der Waals surface area contributed by atoms with Gasteiger partial charge in [-0.05, 0) is 55.2 Å². The zero-order valence-electron chi connectivity index (χ0n) is 15.6. The zero-order chi connectivity index (χ0) is 19.4. The maximum absolute atomic E-state index is 12.2. The Morgan fingerprint density at radius 1 is 1.19 bits per heavy atom. The first-order valence-corrected chi connectivity index (χ1v) is 11.3. The molecule has 0 aromatic heterocycles. The summed E-state index contributed by atoms with van der Waals surface area (Å²) in [5.74, 6) is 0.739. The summed E-state index contributed by atoms with van der Waals surface area (Å²) < 4.78 is 24.5. The van der Waals surface area contributed by atoms with Crippen LogP contribution in [0, 0.1) is 11.8 Å². The van der Waals surface area contributed by atoms with E-state index in [1.54, 1.807) is 4.90 Å². The lowest BCUT2D eigenvalue weighted by atomic mass is 9.97. The Kier molecular flexibility index (Phi) is 6.16. The number of carbonyl (C=O) groups is 2. The van der Waals surface area contributed by atoms with Crippen LogP contribution in [0.25, 0.3) is 0 Å². The standard InChI is InChI=1S/C19H27N3O4S/c1-27(25,26)21-12-18(23)22-8-7-16(13-22)9-15-3-2-4-17(10-15)19(24)20-11-14-5-6-14/h2-4,10,14,16,21H,5-9,11-13H2,1H3,(H,20,24). The third-order valence-electron chi connectivity index (χ3n) is 5.09. The van der Waals surface area contributed by atoms with Gasteiger partial charge in [0.15, 0.2) is 0 Å². The molecule has 148 valence electrons. The molecule has 1 atom stereocenters. The molecule has 8 heteroatoms. The number of hydrogen-bond donors (Lipinski definition) is 2. The van der Waals surface area contributed by atoms with Crippen LogP contribution in [-0.2, 0) is 21.2 Å². The predicted octanol–water partition coefficient (Wildman–Crippen LogP) is 0.767. The SMILES string of the molecule is CS(=O)(=O)NCC(=O)N1CCC(Cc2cccc(C(=O)NCC3CC3)c2)C1. The third kappa shape index (κ3) is 6.32. The number of carbonyl (C=O) groups excluding carboxylic acids is 2. The summed E-state index contributed by atoms with van der Waals surface area (Å²) in [5, 5.41) is 2.98. The molecule has 27 heavy (non-hydrogen) atoms. The summed E-state index contributed by atoms with van der Waals surface area (Å²) in [4.78, 5) is 26.1. The summed E-state index contributed by atoms with van der Waals surface area (Å²) in [6, 6.07) is 7.66. The van der Waals surface area contributed by atoms with Crippen LogP contribution in [0.15, 0.2) is 24.3 Å². The van der Waals surface area contributed by atoms with Gasteiger partial charge in [0.2, 0.25) is 15.9 Å². The molecule has 2 N–H and O–H groups in total. The van der Waals surface area contributed by atoms with E-state index in [0.717, 1.165) is 31.2 Å². The average molecular weight is 394 g/mol. The molecule has 3 rings (SSSR count). The van der Waals surface area contributed by atoms with E-state index in [2.05, 4.69) is 10.0 Å². The highest BCUT2D eigenvalue weighted by molar-refractivity contribution is 7.88. The van der Waals surface area contributed by atoms with Crippen LogP contribution < -0.4 is 10.0 Å². The van der Waals surface area contributed by atoms with Crippen LogP contribution in [0.5, 0.6) is 0 Å². The van der Waals surface area contributed by atoms with Gasteiger partial charge < -0.3 is 10.2 Å². The third-order valence-corrected chi connectivity index (χ3v) is 5.75. The van der Waals surface area contributed by atoms with Gasteiger partial charge in [0.25, 0.3) is 5.91 Å². The second-order valence-corrected chi connectivity index (χ2v) is 9.48. The van der Waals surface area contributed by atoms with Crippen molar-refractivity contribution < 1.29 is 18.0 Å². The molecule has 1 saturated carbocycles. The number of rotatable bonds is 8. The normalized spacial score (nSPS) is 19.9. The average Bonchev–Trinajstić information content (AvgIpc) is 3.34. The molecule has 2 aliphatic rings. The lowest BCUT2D eigenvalue weighted by molar-refractivity contribution is -0.129. The van der Waals surface area contributed by atoms with Crippen LogP contribution in [-0.4, -0.2) is 57.6 Å². The number of sulfonamides is 1. The highest BCUT2D eigenvalue weighted by atomic mass is 32.2. The van der Waals surface area contributed by atoms with Crippen LogP contribution in [0.3, 0.4) is 0 Å². The van der Waals surface area contributed by atoms with E-state index in [4.69, 9.17) is 0 Å². The van der Waals surface area contributed by atoms with E-state index in [0.29, 0.717) is 30.5 Å². The summed E-state index contributed by atoms with van der Waals surface area (Å²) >= 11 is 0. The Balaban J connectivity index is 1.49. The monoisotopic (exact) mass is 393 g/mol. The molecule has 1 saturated heterocycles. The minimum absolute atomic E-state index is 0.0289. The van der Waals surface area contributed by atoms with Crippen LogP contribution >= 0.6 is 0 Å². The van der Waals surface area contributed by atoms with Gasteiger partial charge in [0, 0.05) is 25.2 Å². The summed E-state index contributed by atoms with van der Waals surface area (Å²) in [5.41, 5.74) is 1.76. The first-order valence-electron chi connectivity index (χ1n) is 9.40. The molecule has 1 unspecified atom stereocenters. The van der Waals surface area contributed by atoms with Crippen molar-refractivity contribution in [3.63, 3.8) is 0 Å². The minimum Gasteiger partial charge on any atom is -0.352 e. The molecule has 1 aromatic carbocycles. The second-order valence-electron chi connectivity index (χ2n) is 7.65. The molecule has 1 aliphatic carbocycles. The van der Waals surface area contributed by atoms with E-state index in [1.807, 2.05) is 24.3 Å². The maximum Gasteiger partial charge on any atom is 0.251 e. The van der Waals surface area contributed by atoms with E-state index in [-0.39, 0.29) is 18.4 Å². The number of nitrogens with zero attached hydrogens (tertiary/aromatic N) is 1. The molecule has 0 spiro atoms. The van der Waals surface area contributed by atoms with Crippen LogP contribution in [0.4, 0.5) is 0 Å². The van der Waals surface area contributed by atoms with Gasteiger partial charge in [-0.2, -0.15) is 0 Å². The summed E-state index contributed by atoms with van der Waals surface area (Å²) in [6.45, 7) is 1.81. The Bertz CT molecular complexity index is 805. The van der Waals surface area contributed by atoms with E-state index >= 15 is 0 Å². The fourth-order valence-corrected chi connectivity index (χ4v) is 3.75. The topological polar surface area (TPSA) is 95.6 Å². The molecular weight excluding hydrogens is 366 g/mol. The number of benzene rings is 1. The van der Waals surface area contributed by atoms with Crippen molar-refractivity contribution >= 4 is 21.8 Å². The van der Waals surface area contributed by atoms with Gasteiger partial charge >= 0.3 is 0 Å². The Morgan fingerprint density at radius 2 is 1.96 bits per heavy atom. The number of likely N-dealkylation sites (tertiary alicyclic amines) is 1. The van der Waals surface area contributed by atoms with E-state index in [1.165, 1.54) is 12.8 Å². The molecule has 1 aliphatic heterocycles. The van der Waals surface area contributed by atoms with Crippen LogP contribution in [0.1, 0.15) is 35.2 Å². The van der Waals surface area contributed by atoms with Gasteiger partial charge in [-0.3, -0.25) is 9.59 Å². The second kappa shape index (κ2) is 8.39. The van der Waals surface area contributed by atoms with Crippen molar-refractivity contribution in [3.8, 4) is 0 Å². The zero-order valence-corrected chi connectivity index (χ0v) is 16.4. The van der Waals surface area contributed by atoms with Gasteiger partial charge in [-0.1, -0.05) is 12.1 Å². The minimum atomic E-state index is -3.37. The summed E-state index contributed by atoms with van der Waals surface area (Å²) in [6.07, 6.45) is 5.13. The molecule has 1 heterocycles. The van der Waals surface area contributed by atoms with Crippen molar-refractivity contribution in [2.75, 3.05) is 32.4 Å². The summed E-state index contributed by atoms with van der Waals surface area (Å²) in [7, 11) is -3.37. The molecule has 0 bridgehead atoms. The highest BCUT2D eigenvalue weighted by Gasteiger charge is 2.27. The smallest absolute Gasteiger partial charge is 0.251 e. The number of hydrogen-bond acceptors (Lipinski definition) is 4. The van der Waals surface area contributed by atoms with Gasteiger partial charge in [0.1, 0.15) is 0 Å². The van der Waals surface area contributed by atoms with E-state index in [9.17, 15) is 18.0 Å². The Morgan fingerprint density at radius 3 is 2.67 bits per heavy atom. The molecule has 0 radical (unpaired) electrons. The largest absolute Gasteiger partial charge is 0.352 e. The van der Waals surface area contributed by atoms with Crippen molar-refractivity contribution in [2.24, 2.45) is 11.8 Å². The van der Waals surface area contributed by atoms with Crippen molar-refractivity contribution in [1.82, 2.24) is 14.9 Å². The van der Waals surface area contributed by atoms with Gasteiger partial charge in [-0.25, -0.2) is 13.1 Å². The van der Waals surface area contributed by atoms with Crippen molar-refractivity contribution in [3.05, 3.63) is 35.4 Å². The fraction of sp³-hybridized carbons (Fsp3) is 0.579.